The molecule has 0 bridgehead atoms. The van der Waals surface area contributed by atoms with Crippen molar-refractivity contribution in [3.8, 4) is 0 Å². The maximum atomic E-state index is 14.7. The molecule has 1 saturated heterocycles. The van der Waals surface area contributed by atoms with Gasteiger partial charge < -0.3 is 29.6 Å². The van der Waals surface area contributed by atoms with Crippen molar-refractivity contribution < 1.29 is 42.3 Å². The molecule has 6 rings (SSSR count). The zero-order valence-electron chi connectivity index (χ0n) is 28.6. The zero-order chi connectivity index (χ0) is 36.9. The molecule has 270 valence electrons. The molecule has 2 aliphatic rings. The number of morpholine rings is 1. The van der Waals surface area contributed by atoms with Gasteiger partial charge in [-0.1, -0.05) is 81.4 Å². The Kier molecular flexibility index (Phi) is 9.99. The SMILES string of the molecule is CC1CN(C(=O)[C@@H]2Cc3ccccc3CN2C(=O)C(NC(=O)c2cc3cc(C(F)(F)P(=O)(O)O)ccc3s2)C(C)(C)C)CC(c2ccccc2)O1. The van der Waals surface area contributed by atoms with Gasteiger partial charge in [-0.25, -0.2) is 0 Å². The number of halogens is 2. The van der Waals surface area contributed by atoms with E-state index in [9.17, 15) is 37.5 Å². The lowest BCUT2D eigenvalue weighted by Crippen LogP contribution is -2.62. The molecule has 3 amide bonds. The Balaban J connectivity index is 1.28. The van der Waals surface area contributed by atoms with Crippen molar-refractivity contribution in [2.75, 3.05) is 13.1 Å². The normalized spacial score (nSPS) is 20.5. The second-order valence-electron chi connectivity index (χ2n) is 14.3. The summed E-state index contributed by atoms with van der Waals surface area (Å²) in [6.45, 7) is 8.17. The Morgan fingerprint density at radius 1 is 0.961 bits per heavy atom. The molecule has 3 N–H and O–H groups in total. The van der Waals surface area contributed by atoms with Crippen LogP contribution in [0.25, 0.3) is 10.1 Å². The summed E-state index contributed by atoms with van der Waals surface area (Å²) in [5, 5.41) is 3.06. The number of hydrogen-bond donors (Lipinski definition) is 3. The van der Waals surface area contributed by atoms with E-state index in [0.29, 0.717) is 24.2 Å². The number of thiophene rings is 1. The smallest absolute Gasteiger partial charge is 0.367 e. The Morgan fingerprint density at radius 3 is 2.29 bits per heavy atom. The third kappa shape index (κ3) is 7.50. The lowest BCUT2D eigenvalue weighted by Gasteiger charge is -2.44. The standard InChI is InChI=1S/C37H40F2N3O7PS/c1-22-19-41(21-29(49-22)23-10-6-5-7-11-23)34(44)28-17-24-12-8-9-13-25(24)20-42(28)35(45)32(36(2,3)4)40-33(43)31-18-26-16-27(14-15-30(26)51-31)37(38,39)50(46,47)48/h5-16,18,22,28-29,32H,17,19-21H2,1-4H3,(H,40,43)(H2,46,47,48)/t22?,28-,29?,32?/m0/s1. The third-order valence-electron chi connectivity index (χ3n) is 9.40. The van der Waals surface area contributed by atoms with E-state index in [4.69, 9.17) is 4.74 Å². The number of benzene rings is 3. The summed E-state index contributed by atoms with van der Waals surface area (Å²) in [4.78, 5) is 64.7. The van der Waals surface area contributed by atoms with Crippen LogP contribution in [0, 0.1) is 5.41 Å². The van der Waals surface area contributed by atoms with E-state index in [1.165, 1.54) is 12.1 Å². The first kappa shape index (κ1) is 36.8. The highest BCUT2D eigenvalue weighted by molar-refractivity contribution is 7.52. The molecule has 3 unspecified atom stereocenters. The van der Waals surface area contributed by atoms with Crippen molar-refractivity contribution in [3.05, 3.63) is 106 Å². The van der Waals surface area contributed by atoms with Crippen LogP contribution >= 0.6 is 18.9 Å². The first-order valence-corrected chi connectivity index (χ1v) is 19.0. The van der Waals surface area contributed by atoms with Crippen LogP contribution in [0.4, 0.5) is 8.78 Å². The van der Waals surface area contributed by atoms with E-state index in [1.54, 1.807) is 30.6 Å². The topological polar surface area (TPSA) is 136 Å². The van der Waals surface area contributed by atoms with Crippen molar-refractivity contribution in [3.63, 3.8) is 0 Å². The molecule has 14 heteroatoms. The first-order valence-electron chi connectivity index (χ1n) is 16.6. The highest BCUT2D eigenvalue weighted by Gasteiger charge is 2.50. The molecule has 0 radical (unpaired) electrons. The van der Waals surface area contributed by atoms with Gasteiger partial charge in [-0.2, -0.15) is 8.78 Å². The van der Waals surface area contributed by atoms with E-state index in [-0.39, 0.29) is 34.9 Å². The second-order valence-corrected chi connectivity index (χ2v) is 17.0. The van der Waals surface area contributed by atoms with Crippen LogP contribution in [-0.2, 0) is 37.5 Å². The van der Waals surface area contributed by atoms with Gasteiger partial charge in [-0.05, 0) is 52.6 Å². The fourth-order valence-electron chi connectivity index (χ4n) is 6.70. The number of alkyl halides is 2. The summed E-state index contributed by atoms with van der Waals surface area (Å²) in [6.07, 6.45) is -0.276. The van der Waals surface area contributed by atoms with Crippen molar-refractivity contribution in [2.45, 2.75) is 70.6 Å². The van der Waals surface area contributed by atoms with E-state index in [2.05, 4.69) is 5.32 Å². The highest BCUT2D eigenvalue weighted by atomic mass is 32.1. The molecule has 4 atom stereocenters. The highest BCUT2D eigenvalue weighted by Crippen LogP contribution is 2.59. The van der Waals surface area contributed by atoms with Gasteiger partial charge in [0.1, 0.15) is 18.2 Å². The average molecular weight is 740 g/mol. The monoisotopic (exact) mass is 739 g/mol. The van der Waals surface area contributed by atoms with E-state index < -0.39 is 48.1 Å². The van der Waals surface area contributed by atoms with E-state index >= 15 is 0 Å². The van der Waals surface area contributed by atoms with Crippen molar-refractivity contribution >= 4 is 46.7 Å². The van der Waals surface area contributed by atoms with Crippen LogP contribution < -0.4 is 5.32 Å². The van der Waals surface area contributed by atoms with Gasteiger partial charge in [0.15, 0.2) is 0 Å². The number of fused-ring (bicyclic) bond motifs is 2. The van der Waals surface area contributed by atoms with Gasteiger partial charge in [0, 0.05) is 29.8 Å². The maximum absolute atomic E-state index is 14.7. The lowest BCUT2D eigenvalue weighted by molar-refractivity contribution is -0.157. The predicted octanol–water partition coefficient (Wildman–Crippen LogP) is 6.21. The molecule has 1 fully saturated rings. The van der Waals surface area contributed by atoms with Crippen molar-refractivity contribution in [1.82, 2.24) is 15.1 Å². The molecule has 51 heavy (non-hydrogen) atoms. The number of nitrogens with one attached hydrogen (secondary N) is 1. The molecular formula is C37H40F2N3O7PS. The van der Waals surface area contributed by atoms with Crippen LogP contribution in [0.5, 0.6) is 0 Å². The van der Waals surface area contributed by atoms with E-state index in [0.717, 1.165) is 40.2 Å². The lowest BCUT2D eigenvalue weighted by atomic mass is 9.84. The fraction of sp³-hybridized carbons (Fsp3) is 0.378. The second kappa shape index (κ2) is 13.9. The number of carbonyl (C=O) groups is 3. The van der Waals surface area contributed by atoms with Crippen LogP contribution in [0.2, 0.25) is 0 Å². The minimum Gasteiger partial charge on any atom is -0.367 e. The molecular weight excluding hydrogens is 699 g/mol. The Bertz CT molecular complexity index is 2010. The Hall–Kier alpha value is -4.00. The van der Waals surface area contributed by atoms with Crippen LogP contribution in [0.15, 0.2) is 78.9 Å². The van der Waals surface area contributed by atoms with Crippen molar-refractivity contribution in [1.29, 1.82) is 0 Å². The maximum Gasteiger partial charge on any atom is 0.399 e. The van der Waals surface area contributed by atoms with Crippen LogP contribution in [0.1, 0.15) is 65.7 Å². The van der Waals surface area contributed by atoms with Gasteiger partial charge in [-0.15, -0.1) is 11.3 Å². The van der Waals surface area contributed by atoms with Gasteiger partial charge >= 0.3 is 13.3 Å². The summed E-state index contributed by atoms with van der Waals surface area (Å²) in [5.41, 5.74) is -3.27. The number of rotatable bonds is 7. The molecule has 3 heterocycles. The number of amides is 3. The Labute approximate surface area is 298 Å². The average Bonchev–Trinajstić information content (AvgIpc) is 3.52. The van der Waals surface area contributed by atoms with Gasteiger partial charge in [-0.3, -0.25) is 18.9 Å². The third-order valence-corrected chi connectivity index (χ3v) is 11.5. The van der Waals surface area contributed by atoms with E-state index in [1.807, 2.05) is 61.5 Å². The minimum absolute atomic E-state index is 0.120. The molecule has 0 saturated carbocycles. The predicted molar refractivity (Wildman–Crippen MR) is 189 cm³/mol. The van der Waals surface area contributed by atoms with Gasteiger partial charge in [0.05, 0.1) is 17.5 Å². The molecule has 4 aromatic rings. The number of nitrogens with zero attached hydrogens (tertiary/aromatic N) is 2. The number of hydrogen-bond acceptors (Lipinski definition) is 6. The fourth-order valence-corrected chi connectivity index (χ4v) is 8.12. The summed E-state index contributed by atoms with van der Waals surface area (Å²) in [6, 6.07) is 19.9. The van der Waals surface area contributed by atoms with Gasteiger partial charge in [0.2, 0.25) is 11.8 Å². The molecule has 2 aliphatic heterocycles. The largest absolute Gasteiger partial charge is 0.399 e. The number of ether oxygens (including phenoxy) is 1. The molecule has 3 aromatic carbocycles. The quantitative estimate of drug-likeness (QED) is 0.192. The van der Waals surface area contributed by atoms with Gasteiger partial charge in [0.25, 0.3) is 5.91 Å². The first-order chi connectivity index (χ1) is 23.9. The summed E-state index contributed by atoms with van der Waals surface area (Å²) in [7, 11) is -5.79. The molecule has 0 aliphatic carbocycles. The zero-order valence-corrected chi connectivity index (χ0v) is 30.3. The summed E-state index contributed by atoms with van der Waals surface area (Å²) < 4.78 is 46.9. The molecule has 0 spiro atoms. The summed E-state index contributed by atoms with van der Waals surface area (Å²) in [5.74, 6) is -1.27. The number of carbonyl (C=O) groups excluding carboxylic acids is 3. The Morgan fingerprint density at radius 2 is 1.63 bits per heavy atom. The minimum atomic E-state index is -5.79. The summed E-state index contributed by atoms with van der Waals surface area (Å²) >= 11 is 0.997. The van der Waals surface area contributed by atoms with Crippen LogP contribution in [0.3, 0.4) is 0 Å². The molecule has 10 nitrogen and oxygen atoms in total. The van der Waals surface area contributed by atoms with Crippen LogP contribution in [-0.4, -0.2) is 68.6 Å². The van der Waals surface area contributed by atoms with Crippen molar-refractivity contribution in [2.24, 2.45) is 5.41 Å². The molecule has 1 aromatic heterocycles.